The van der Waals surface area contributed by atoms with Crippen molar-refractivity contribution in [2.75, 3.05) is 26.8 Å². The van der Waals surface area contributed by atoms with Crippen LogP contribution in [0.1, 0.15) is 24.5 Å². The van der Waals surface area contributed by atoms with E-state index in [2.05, 4.69) is 10.3 Å². The van der Waals surface area contributed by atoms with Gasteiger partial charge in [-0.3, -0.25) is 13.9 Å². The first-order valence-corrected chi connectivity index (χ1v) is 7.93. The van der Waals surface area contributed by atoms with Crippen LogP contribution in [0.3, 0.4) is 0 Å². The summed E-state index contributed by atoms with van der Waals surface area (Å²) in [5.74, 6) is 0.371. The Morgan fingerprint density at radius 3 is 2.74 bits per heavy atom. The van der Waals surface area contributed by atoms with Crippen LogP contribution in [0.25, 0.3) is 11.0 Å². The van der Waals surface area contributed by atoms with E-state index in [1.807, 2.05) is 6.07 Å². The molecule has 2 aromatic rings. The molecule has 7 nitrogen and oxygen atoms in total. The number of methoxy groups -OCH3 is 1. The molecule has 0 bridgehead atoms. The fourth-order valence-electron chi connectivity index (χ4n) is 3.10. The third kappa shape index (κ3) is 2.94. The molecule has 1 saturated heterocycles. The summed E-state index contributed by atoms with van der Waals surface area (Å²) >= 11 is 0. The molecule has 0 radical (unpaired) electrons. The molecule has 1 N–H and O–H groups in total. The van der Waals surface area contributed by atoms with Crippen LogP contribution in [-0.2, 0) is 18.3 Å². The van der Waals surface area contributed by atoms with Gasteiger partial charge in [-0.15, -0.1) is 0 Å². The Kier molecular flexibility index (Phi) is 4.58. The van der Waals surface area contributed by atoms with Crippen molar-refractivity contribution in [2.45, 2.75) is 25.3 Å². The van der Waals surface area contributed by atoms with Crippen LogP contribution in [-0.4, -0.2) is 40.9 Å². The second-order valence-corrected chi connectivity index (χ2v) is 5.92. The normalized spacial score (nSPS) is 16.1. The van der Waals surface area contributed by atoms with Crippen LogP contribution < -0.4 is 16.6 Å². The van der Waals surface area contributed by atoms with Crippen molar-refractivity contribution in [2.24, 2.45) is 7.05 Å². The first-order valence-electron chi connectivity index (χ1n) is 7.93. The van der Waals surface area contributed by atoms with Crippen LogP contribution in [0.5, 0.6) is 0 Å². The molecule has 23 heavy (non-hydrogen) atoms. The standard InChI is InChI=1S/C16H22N4O3/c1-19-15(21)12-3-4-13(11-5-7-17-8-6-11)18-14(12)20(16(19)22)9-10-23-2/h3-4,11,17H,5-10H2,1-2H3. The van der Waals surface area contributed by atoms with Gasteiger partial charge >= 0.3 is 5.69 Å². The molecule has 3 rings (SSSR count). The lowest BCUT2D eigenvalue weighted by atomic mass is 9.94. The number of hydrogen-bond donors (Lipinski definition) is 1. The lowest BCUT2D eigenvalue weighted by molar-refractivity contribution is 0.186. The van der Waals surface area contributed by atoms with E-state index in [-0.39, 0.29) is 11.2 Å². The maximum absolute atomic E-state index is 12.4. The summed E-state index contributed by atoms with van der Waals surface area (Å²) in [6.07, 6.45) is 2.04. The van der Waals surface area contributed by atoms with E-state index in [0.717, 1.165) is 36.2 Å². The van der Waals surface area contributed by atoms with Crippen molar-refractivity contribution in [1.82, 2.24) is 19.4 Å². The number of nitrogens with zero attached hydrogens (tertiary/aromatic N) is 3. The Morgan fingerprint density at radius 1 is 1.30 bits per heavy atom. The summed E-state index contributed by atoms with van der Waals surface area (Å²) in [5.41, 5.74) is 0.765. The minimum Gasteiger partial charge on any atom is -0.383 e. The molecule has 1 aliphatic heterocycles. The molecule has 1 aliphatic rings. The highest BCUT2D eigenvalue weighted by Crippen LogP contribution is 2.24. The zero-order valence-corrected chi connectivity index (χ0v) is 13.5. The molecule has 1 fully saturated rings. The average molecular weight is 318 g/mol. The van der Waals surface area contributed by atoms with E-state index in [1.54, 1.807) is 13.2 Å². The molecule has 3 heterocycles. The number of piperidine rings is 1. The maximum atomic E-state index is 12.4. The summed E-state index contributed by atoms with van der Waals surface area (Å²) in [5, 5.41) is 3.81. The van der Waals surface area contributed by atoms with Crippen molar-refractivity contribution in [3.63, 3.8) is 0 Å². The van der Waals surface area contributed by atoms with E-state index >= 15 is 0 Å². The highest BCUT2D eigenvalue weighted by atomic mass is 16.5. The predicted octanol–water partition coefficient (Wildman–Crippen LogP) is 0.209. The van der Waals surface area contributed by atoms with Crippen LogP contribution in [0.2, 0.25) is 0 Å². The third-order valence-electron chi connectivity index (χ3n) is 4.48. The van der Waals surface area contributed by atoms with Gasteiger partial charge in [-0.1, -0.05) is 0 Å². The molecule has 7 heteroatoms. The maximum Gasteiger partial charge on any atom is 0.332 e. The number of rotatable bonds is 4. The van der Waals surface area contributed by atoms with Gasteiger partial charge in [-0.2, -0.15) is 0 Å². The number of pyridine rings is 1. The van der Waals surface area contributed by atoms with Crippen LogP contribution in [0.4, 0.5) is 0 Å². The lowest BCUT2D eigenvalue weighted by Gasteiger charge is -2.22. The van der Waals surface area contributed by atoms with Gasteiger partial charge in [-0.25, -0.2) is 9.78 Å². The number of hydrogen-bond acceptors (Lipinski definition) is 5. The quantitative estimate of drug-likeness (QED) is 0.872. The van der Waals surface area contributed by atoms with E-state index < -0.39 is 0 Å². The Morgan fingerprint density at radius 2 is 2.04 bits per heavy atom. The molecule has 0 unspecified atom stereocenters. The van der Waals surface area contributed by atoms with Gasteiger partial charge in [0.1, 0.15) is 5.65 Å². The van der Waals surface area contributed by atoms with Crippen molar-refractivity contribution in [1.29, 1.82) is 0 Å². The van der Waals surface area contributed by atoms with Crippen molar-refractivity contribution in [3.05, 3.63) is 38.7 Å². The Bertz CT molecular complexity index is 818. The molecule has 124 valence electrons. The van der Waals surface area contributed by atoms with Gasteiger partial charge in [-0.05, 0) is 38.1 Å². The highest BCUT2D eigenvalue weighted by Gasteiger charge is 2.19. The van der Waals surface area contributed by atoms with Crippen LogP contribution >= 0.6 is 0 Å². The number of ether oxygens (including phenoxy) is 1. The minimum atomic E-state index is -0.352. The van der Waals surface area contributed by atoms with E-state index in [0.29, 0.717) is 30.1 Å². The smallest absolute Gasteiger partial charge is 0.332 e. The molecule has 0 atom stereocenters. The fraction of sp³-hybridized carbons (Fsp3) is 0.562. The van der Waals surface area contributed by atoms with Crippen molar-refractivity contribution >= 4 is 11.0 Å². The summed E-state index contributed by atoms with van der Waals surface area (Å²) in [6.45, 7) is 2.71. The SMILES string of the molecule is COCCn1c(=O)n(C)c(=O)c2ccc(C3CCNCC3)nc21. The van der Waals surface area contributed by atoms with Crippen LogP contribution in [0, 0.1) is 0 Å². The molecular formula is C16H22N4O3. The first-order chi connectivity index (χ1) is 11.1. The van der Waals surface area contributed by atoms with Crippen molar-refractivity contribution < 1.29 is 4.74 Å². The average Bonchev–Trinajstić information content (AvgIpc) is 2.60. The molecular weight excluding hydrogens is 296 g/mol. The Labute approximate surface area is 133 Å². The third-order valence-corrected chi connectivity index (χ3v) is 4.48. The highest BCUT2D eigenvalue weighted by molar-refractivity contribution is 5.74. The monoisotopic (exact) mass is 318 g/mol. The second kappa shape index (κ2) is 6.64. The first kappa shape index (κ1) is 15.9. The molecule has 0 amide bonds. The van der Waals surface area contributed by atoms with Gasteiger partial charge < -0.3 is 10.1 Å². The molecule has 2 aromatic heterocycles. The summed E-state index contributed by atoms with van der Waals surface area (Å²) in [4.78, 5) is 29.4. The van der Waals surface area contributed by atoms with E-state index in [1.165, 1.54) is 11.6 Å². The van der Waals surface area contributed by atoms with Gasteiger partial charge in [0, 0.05) is 25.8 Å². The Balaban J connectivity index is 2.17. The molecule has 0 aromatic carbocycles. The molecule has 0 saturated carbocycles. The minimum absolute atomic E-state index is 0.303. The Hall–Kier alpha value is -1.99. The van der Waals surface area contributed by atoms with Gasteiger partial charge in [0.25, 0.3) is 5.56 Å². The number of nitrogens with one attached hydrogen (secondary N) is 1. The van der Waals surface area contributed by atoms with E-state index in [4.69, 9.17) is 4.74 Å². The fourth-order valence-corrected chi connectivity index (χ4v) is 3.10. The van der Waals surface area contributed by atoms with Crippen molar-refractivity contribution in [3.8, 4) is 0 Å². The summed E-state index contributed by atoms with van der Waals surface area (Å²) < 4.78 is 7.74. The molecule has 0 aliphatic carbocycles. The zero-order valence-electron chi connectivity index (χ0n) is 13.5. The van der Waals surface area contributed by atoms with Gasteiger partial charge in [0.05, 0.1) is 18.5 Å². The molecule has 0 spiro atoms. The van der Waals surface area contributed by atoms with Crippen LogP contribution in [0.15, 0.2) is 21.7 Å². The van der Waals surface area contributed by atoms with Gasteiger partial charge in [0.2, 0.25) is 0 Å². The largest absolute Gasteiger partial charge is 0.383 e. The topological polar surface area (TPSA) is 78.1 Å². The number of aromatic nitrogens is 3. The summed E-state index contributed by atoms with van der Waals surface area (Å²) in [6, 6.07) is 3.72. The van der Waals surface area contributed by atoms with Gasteiger partial charge in [0.15, 0.2) is 0 Å². The predicted molar refractivity (Wildman–Crippen MR) is 88.0 cm³/mol. The summed E-state index contributed by atoms with van der Waals surface area (Å²) in [7, 11) is 3.08. The van der Waals surface area contributed by atoms with E-state index in [9.17, 15) is 9.59 Å². The second-order valence-electron chi connectivity index (χ2n) is 5.92. The zero-order chi connectivity index (χ0) is 16.4. The number of fused-ring (bicyclic) bond motifs is 1. The lowest BCUT2D eigenvalue weighted by Crippen LogP contribution is -2.39.